The topological polar surface area (TPSA) is 26.0 Å². The largest absolute Gasteiger partial charge is 0.324 e. The van der Waals surface area contributed by atoms with Gasteiger partial charge in [0.2, 0.25) is 0 Å². The third-order valence-electron chi connectivity index (χ3n) is 2.38. The minimum absolute atomic E-state index is 0.138. The molecule has 1 aromatic rings. The lowest BCUT2D eigenvalue weighted by atomic mass is 10.1. The Balaban J connectivity index is 2.68. The van der Waals surface area contributed by atoms with Gasteiger partial charge >= 0.3 is 0 Å². The van der Waals surface area contributed by atoms with Crippen LogP contribution in [0.15, 0.2) is 6.07 Å². The van der Waals surface area contributed by atoms with E-state index in [9.17, 15) is 13.2 Å². The second-order valence-electron chi connectivity index (χ2n) is 3.20. The number of nitrogens with two attached hydrogens (primary N) is 1. The fourth-order valence-electron chi connectivity index (χ4n) is 1.72. The van der Waals surface area contributed by atoms with E-state index in [1.54, 1.807) is 0 Å². The third kappa shape index (κ3) is 1.13. The van der Waals surface area contributed by atoms with Crippen LogP contribution in [0.1, 0.15) is 23.6 Å². The molecule has 0 aliphatic heterocycles. The highest BCUT2D eigenvalue weighted by Gasteiger charge is 2.27. The second-order valence-corrected chi connectivity index (χ2v) is 3.20. The smallest absolute Gasteiger partial charge is 0.194 e. The van der Waals surface area contributed by atoms with Crippen molar-refractivity contribution in [2.24, 2.45) is 5.73 Å². The average molecular weight is 187 g/mol. The van der Waals surface area contributed by atoms with Crippen molar-refractivity contribution >= 4 is 0 Å². The van der Waals surface area contributed by atoms with E-state index in [0.717, 1.165) is 6.07 Å². The summed E-state index contributed by atoms with van der Waals surface area (Å²) < 4.78 is 38.6. The van der Waals surface area contributed by atoms with Gasteiger partial charge in [-0.25, -0.2) is 13.2 Å². The molecule has 1 aliphatic rings. The number of hydrogen-bond donors (Lipinski definition) is 1. The number of benzene rings is 1. The van der Waals surface area contributed by atoms with Crippen LogP contribution in [-0.2, 0) is 6.42 Å². The zero-order valence-electron chi connectivity index (χ0n) is 6.78. The van der Waals surface area contributed by atoms with Gasteiger partial charge in [-0.15, -0.1) is 0 Å². The van der Waals surface area contributed by atoms with Crippen LogP contribution < -0.4 is 5.73 Å². The maximum Gasteiger partial charge on any atom is 0.194 e. The van der Waals surface area contributed by atoms with Gasteiger partial charge in [0.15, 0.2) is 17.5 Å². The first-order valence-corrected chi connectivity index (χ1v) is 4.03. The van der Waals surface area contributed by atoms with Gasteiger partial charge < -0.3 is 5.73 Å². The minimum Gasteiger partial charge on any atom is -0.324 e. The van der Waals surface area contributed by atoms with Crippen molar-refractivity contribution in [3.8, 4) is 0 Å². The molecule has 2 N–H and O–H groups in total. The van der Waals surface area contributed by atoms with Crippen molar-refractivity contribution in [3.63, 3.8) is 0 Å². The van der Waals surface area contributed by atoms with E-state index < -0.39 is 23.5 Å². The summed E-state index contributed by atoms with van der Waals surface area (Å²) in [5, 5.41) is 0. The molecule has 13 heavy (non-hydrogen) atoms. The van der Waals surface area contributed by atoms with Crippen LogP contribution in [0.3, 0.4) is 0 Å². The highest BCUT2D eigenvalue weighted by atomic mass is 19.2. The molecular formula is C9H8F3N. The molecular weight excluding hydrogens is 179 g/mol. The molecule has 0 bridgehead atoms. The number of halogens is 3. The highest BCUT2D eigenvalue weighted by Crippen LogP contribution is 2.33. The minimum atomic E-state index is -1.42. The summed E-state index contributed by atoms with van der Waals surface area (Å²) in [6, 6.07) is 0.533. The summed E-state index contributed by atoms with van der Waals surface area (Å²) in [5.41, 5.74) is 6.16. The lowest BCUT2D eigenvalue weighted by Crippen LogP contribution is -2.09. The molecule has 0 unspecified atom stereocenters. The second kappa shape index (κ2) is 2.73. The summed E-state index contributed by atoms with van der Waals surface area (Å²) in [6.45, 7) is 0. The summed E-state index contributed by atoms with van der Waals surface area (Å²) in [5.74, 6) is -3.68. The Bertz CT molecular complexity index is 362. The lowest BCUT2D eigenvalue weighted by Gasteiger charge is -2.07. The van der Waals surface area contributed by atoms with E-state index in [-0.39, 0.29) is 5.56 Å². The normalized spacial score (nSPS) is 20.5. The number of rotatable bonds is 0. The zero-order valence-corrected chi connectivity index (χ0v) is 6.78. The van der Waals surface area contributed by atoms with Gasteiger partial charge in [-0.2, -0.15) is 0 Å². The maximum atomic E-state index is 13.1. The molecule has 2 rings (SSSR count). The molecule has 0 spiro atoms. The Morgan fingerprint density at radius 1 is 1.23 bits per heavy atom. The van der Waals surface area contributed by atoms with E-state index in [0.29, 0.717) is 18.4 Å². The van der Waals surface area contributed by atoms with Crippen molar-refractivity contribution in [3.05, 3.63) is 34.6 Å². The van der Waals surface area contributed by atoms with Crippen molar-refractivity contribution in [1.29, 1.82) is 0 Å². The van der Waals surface area contributed by atoms with Gasteiger partial charge in [-0.1, -0.05) is 0 Å². The molecule has 4 heteroatoms. The van der Waals surface area contributed by atoms with E-state index >= 15 is 0 Å². The molecule has 0 heterocycles. The molecule has 1 aromatic carbocycles. The van der Waals surface area contributed by atoms with Gasteiger partial charge in [-0.05, 0) is 24.5 Å². The molecule has 1 atom stereocenters. The number of fused-ring (bicyclic) bond motifs is 1. The Kier molecular flexibility index (Phi) is 1.80. The Labute approximate surface area is 73.4 Å². The standard InChI is InChI=1S/C9H8F3N/c10-5-3-4-1-2-6(13)7(4)9(12)8(5)11/h3,6H,1-2,13H2/t6-/m0/s1. The highest BCUT2D eigenvalue weighted by molar-refractivity contribution is 5.36. The van der Waals surface area contributed by atoms with E-state index in [1.165, 1.54) is 0 Å². The molecule has 1 aliphatic carbocycles. The monoisotopic (exact) mass is 187 g/mol. The Morgan fingerprint density at radius 2 is 1.92 bits per heavy atom. The maximum absolute atomic E-state index is 13.1. The molecule has 1 nitrogen and oxygen atoms in total. The third-order valence-corrected chi connectivity index (χ3v) is 2.38. The van der Waals surface area contributed by atoms with Crippen LogP contribution in [-0.4, -0.2) is 0 Å². The first-order chi connectivity index (χ1) is 6.11. The molecule has 70 valence electrons. The van der Waals surface area contributed by atoms with Crippen LogP contribution in [0.25, 0.3) is 0 Å². The number of hydrogen-bond acceptors (Lipinski definition) is 1. The average Bonchev–Trinajstić information content (AvgIpc) is 2.43. The molecule has 0 saturated carbocycles. The summed E-state index contributed by atoms with van der Waals surface area (Å²) in [6.07, 6.45) is 1.07. The van der Waals surface area contributed by atoms with E-state index in [4.69, 9.17) is 5.73 Å². The van der Waals surface area contributed by atoms with Crippen LogP contribution in [0.2, 0.25) is 0 Å². The summed E-state index contributed by atoms with van der Waals surface area (Å²) in [7, 11) is 0. The fraction of sp³-hybridized carbons (Fsp3) is 0.333. The molecule has 0 fully saturated rings. The molecule has 0 saturated heterocycles. The van der Waals surface area contributed by atoms with E-state index in [1.807, 2.05) is 0 Å². The Morgan fingerprint density at radius 3 is 2.62 bits per heavy atom. The quantitative estimate of drug-likeness (QED) is 0.618. The number of aryl methyl sites for hydroxylation is 1. The molecule has 0 radical (unpaired) electrons. The van der Waals surface area contributed by atoms with Gasteiger partial charge in [0, 0.05) is 11.6 Å². The fourth-order valence-corrected chi connectivity index (χ4v) is 1.72. The lowest BCUT2D eigenvalue weighted by molar-refractivity contribution is 0.438. The summed E-state index contributed by atoms with van der Waals surface area (Å²) in [4.78, 5) is 0. The predicted molar refractivity (Wildman–Crippen MR) is 41.6 cm³/mol. The van der Waals surface area contributed by atoms with Crippen molar-refractivity contribution in [1.82, 2.24) is 0 Å². The van der Waals surface area contributed by atoms with Gasteiger partial charge in [-0.3, -0.25) is 0 Å². The van der Waals surface area contributed by atoms with Crippen LogP contribution in [0.4, 0.5) is 13.2 Å². The SMILES string of the molecule is N[C@H]1CCc2cc(F)c(F)c(F)c21. The van der Waals surface area contributed by atoms with Crippen LogP contribution in [0.5, 0.6) is 0 Å². The van der Waals surface area contributed by atoms with Crippen molar-refractivity contribution < 1.29 is 13.2 Å². The van der Waals surface area contributed by atoms with E-state index in [2.05, 4.69) is 0 Å². The van der Waals surface area contributed by atoms with Crippen LogP contribution >= 0.6 is 0 Å². The molecule has 0 aromatic heterocycles. The summed E-state index contributed by atoms with van der Waals surface area (Å²) >= 11 is 0. The first-order valence-electron chi connectivity index (χ1n) is 4.03. The Hall–Kier alpha value is -1.03. The van der Waals surface area contributed by atoms with Crippen molar-refractivity contribution in [2.75, 3.05) is 0 Å². The van der Waals surface area contributed by atoms with Crippen molar-refractivity contribution in [2.45, 2.75) is 18.9 Å². The zero-order chi connectivity index (χ0) is 9.59. The first kappa shape index (κ1) is 8.56. The van der Waals surface area contributed by atoms with Gasteiger partial charge in [0.05, 0.1) is 0 Å². The molecule has 0 amide bonds. The van der Waals surface area contributed by atoms with Crippen LogP contribution in [0, 0.1) is 17.5 Å². The van der Waals surface area contributed by atoms with Gasteiger partial charge in [0.1, 0.15) is 0 Å². The predicted octanol–water partition coefficient (Wildman–Crippen LogP) is 2.05. The van der Waals surface area contributed by atoms with Gasteiger partial charge in [0.25, 0.3) is 0 Å².